The second kappa shape index (κ2) is 5.83. The van der Waals surface area contributed by atoms with E-state index in [9.17, 15) is 8.42 Å². The number of halogens is 1. The van der Waals surface area contributed by atoms with Crippen molar-refractivity contribution in [2.45, 2.75) is 4.90 Å². The molecule has 0 aliphatic heterocycles. The van der Waals surface area contributed by atoms with E-state index in [1.165, 1.54) is 19.2 Å². The monoisotopic (exact) mass is 326 g/mol. The number of rotatable bonds is 4. The van der Waals surface area contributed by atoms with E-state index in [4.69, 9.17) is 22.1 Å². The Morgan fingerprint density at radius 1 is 1.14 bits per heavy atom. The molecule has 2 aromatic carbocycles. The van der Waals surface area contributed by atoms with E-state index in [0.717, 1.165) is 4.31 Å². The van der Waals surface area contributed by atoms with Crippen molar-refractivity contribution in [1.29, 1.82) is 0 Å². The molecule has 5 nitrogen and oxygen atoms in total. The third-order valence-electron chi connectivity index (χ3n) is 3.05. The van der Waals surface area contributed by atoms with Crippen LogP contribution >= 0.6 is 11.6 Å². The predicted octanol–water partition coefficient (Wildman–Crippen LogP) is 2.76. The molecule has 0 amide bonds. The molecule has 0 fully saturated rings. The molecular weight excluding hydrogens is 312 g/mol. The number of nitrogens with zero attached hydrogens (tertiary/aromatic N) is 1. The topological polar surface area (TPSA) is 72.6 Å². The Morgan fingerprint density at radius 3 is 2.33 bits per heavy atom. The summed E-state index contributed by atoms with van der Waals surface area (Å²) >= 11 is 5.86. The number of ether oxygens (including phenoxy) is 1. The van der Waals surface area contributed by atoms with Crippen molar-refractivity contribution in [2.75, 3.05) is 24.2 Å². The van der Waals surface area contributed by atoms with Gasteiger partial charge in [-0.1, -0.05) is 11.6 Å². The van der Waals surface area contributed by atoms with Crippen LogP contribution in [0.4, 0.5) is 11.4 Å². The SMILES string of the molecule is COc1ccc(N(C)S(=O)(=O)c2cc(Cl)ccc2N)cc1. The number of hydrogen-bond donors (Lipinski definition) is 1. The molecule has 0 saturated carbocycles. The van der Waals surface area contributed by atoms with Crippen LogP contribution in [0.2, 0.25) is 5.02 Å². The summed E-state index contributed by atoms with van der Waals surface area (Å²) < 4.78 is 31.4. The van der Waals surface area contributed by atoms with Crippen LogP contribution in [0.1, 0.15) is 0 Å². The molecule has 0 heterocycles. The van der Waals surface area contributed by atoms with Crippen molar-refractivity contribution in [3.63, 3.8) is 0 Å². The summed E-state index contributed by atoms with van der Waals surface area (Å²) in [6.07, 6.45) is 0. The van der Waals surface area contributed by atoms with Gasteiger partial charge in [0.15, 0.2) is 0 Å². The van der Waals surface area contributed by atoms with E-state index in [2.05, 4.69) is 0 Å². The third kappa shape index (κ3) is 3.06. The average Bonchev–Trinajstić information content (AvgIpc) is 2.49. The molecule has 0 aliphatic rings. The van der Waals surface area contributed by atoms with E-state index in [1.54, 1.807) is 37.4 Å². The highest BCUT2D eigenvalue weighted by atomic mass is 35.5. The fourth-order valence-electron chi connectivity index (χ4n) is 1.81. The molecule has 0 unspecified atom stereocenters. The van der Waals surface area contributed by atoms with Crippen molar-refractivity contribution in [3.05, 3.63) is 47.5 Å². The smallest absolute Gasteiger partial charge is 0.266 e. The molecule has 0 aliphatic carbocycles. The summed E-state index contributed by atoms with van der Waals surface area (Å²) in [5, 5.41) is 0.311. The van der Waals surface area contributed by atoms with Gasteiger partial charge in [0.25, 0.3) is 10.0 Å². The quantitative estimate of drug-likeness (QED) is 0.877. The first-order valence-electron chi connectivity index (χ1n) is 6.04. The largest absolute Gasteiger partial charge is 0.497 e. The van der Waals surface area contributed by atoms with Gasteiger partial charge in [-0.3, -0.25) is 4.31 Å². The number of benzene rings is 2. The van der Waals surface area contributed by atoms with Crippen molar-refractivity contribution >= 4 is 33.0 Å². The van der Waals surface area contributed by atoms with E-state index < -0.39 is 10.0 Å². The summed E-state index contributed by atoms with van der Waals surface area (Å²) in [6.45, 7) is 0. The zero-order chi connectivity index (χ0) is 15.6. The van der Waals surface area contributed by atoms with Gasteiger partial charge in [0, 0.05) is 12.1 Å². The Morgan fingerprint density at radius 2 is 1.76 bits per heavy atom. The van der Waals surface area contributed by atoms with Gasteiger partial charge in [-0.05, 0) is 42.5 Å². The van der Waals surface area contributed by atoms with Gasteiger partial charge in [-0.25, -0.2) is 8.42 Å². The van der Waals surface area contributed by atoms with Crippen LogP contribution in [0.15, 0.2) is 47.4 Å². The van der Waals surface area contributed by atoms with Crippen LogP contribution in [0.3, 0.4) is 0 Å². The summed E-state index contributed by atoms with van der Waals surface area (Å²) in [7, 11) is -0.782. The van der Waals surface area contributed by atoms with Gasteiger partial charge in [0.05, 0.1) is 18.5 Å². The number of hydrogen-bond acceptors (Lipinski definition) is 4. The zero-order valence-corrected chi connectivity index (χ0v) is 13.1. The number of nitrogens with two attached hydrogens (primary N) is 1. The molecule has 0 spiro atoms. The molecule has 2 N–H and O–H groups in total. The lowest BCUT2D eigenvalue weighted by Gasteiger charge is -2.20. The van der Waals surface area contributed by atoms with Gasteiger partial charge < -0.3 is 10.5 Å². The summed E-state index contributed by atoms with van der Waals surface area (Å²) in [6, 6.07) is 11.0. The van der Waals surface area contributed by atoms with Crippen LogP contribution in [-0.4, -0.2) is 22.6 Å². The molecule has 0 radical (unpaired) electrons. The molecule has 112 valence electrons. The van der Waals surface area contributed by atoms with Crippen LogP contribution in [0.5, 0.6) is 5.75 Å². The van der Waals surface area contributed by atoms with Crippen molar-refractivity contribution < 1.29 is 13.2 Å². The average molecular weight is 327 g/mol. The first kappa shape index (κ1) is 15.5. The molecule has 2 aromatic rings. The summed E-state index contributed by atoms with van der Waals surface area (Å²) in [5.74, 6) is 0.645. The lowest BCUT2D eigenvalue weighted by atomic mass is 10.3. The fourth-order valence-corrected chi connectivity index (χ4v) is 3.38. The lowest BCUT2D eigenvalue weighted by Crippen LogP contribution is -2.27. The minimum absolute atomic E-state index is 0.0201. The highest BCUT2D eigenvalue weighted by molar-refractivity contribution is 7.93. The Bertz CT molecular complexity index is 745. The molecule has 0 atom stereocenters. The fraction of sp³-hybridized carbons (Fsp3) is 0.143. The maximum absolute atomic E-state index is 12.6. The molecule has 21 heavy (non-hydrogen) atoms. The normalized spacial score (nSPS) is 11.2. The van der Waals surface area contributed by atoms with E-state index >= 15 is 0 Å². The van der Waals surface area contributed by atoms with Gasteiger partial charge in [0.1, 0.15) is 10.6 Å². The molecule has 7 heteroatoms. The lowest BCUT2D eigenvalue weighted by molar-refractivity contribution is 0.415. The first-order valence-corrected chi connectivity index (χ1v) is 7.86. The van der Waals surface area contributed by atoms with Gasteiger partial charge in [0.2, 0.25) is 0 Å². The number of nitrogen functional groups attached to an aromatic ring is 1. The molecule has 0 saturated heterocycles. The Kier molecular flexibility index (Phi) is 4.29. The predicted molar refractivity (Wildman–Crippen MR) is 84.4 cm³/mol. The van der Waals surface area contributed by atoms with E-state index in [-0.39, 0.29) is 10.6 Å². The Labute approximate surface area is 128 Å². The maximum atomic E-state index is 12.6. The molecule has 0 bridgehead atoms. The molecule has 0 aromatic heterocycles. The highest BCUT2D eigenvalue weighted by Crippen LogP contribution is 2.29. The number of anilines is 2. The van der Waals surface area contributed by atoms with Crippen LogP contribution in [0.25, 0.3) is 0 Å². The summed E-state index contributed by atoms with van der Waals surface area (Å²) in [5.41, 5.74) is 6.40. The van der Waals surface area contributed by atoms with Crippen molar-refractivity contribution in [1.82, 2.24) is 0 Å². The van der Waals surface area contributed by atoms with Crippen molar-refractivity contribution in [3.8, 4) is 5.75 Å². The maximum Gasteiger partial charge on any atom is 0.266 e. The van der Waals surface area contributed by atoms with Crippen LogP contribution in [0, 0.1) is 0 Å². The van der Waals surface area contributed by atoms with Crippen molar-refractivity contribution in [2.24, 2.45) is 0 Å². The van der Waals surface area contributed by atoms with Gasteiger partial charge in [-0.15, -0.1) is 0 Å². The van der Waals surface area contributed by atoms with Gasteiger partial charge >= 0.3 is 0 Å². The molecular formula is C14H15ClN2O3S. The van der Waals surface area contributed by atoms with Crippen LogP contribution in [-0.2, 0) is 10.0 Å². The second-order valence-corrected chi connectivity index (χ2v) is 6.73. The second-order valence-electron chi connectivity index (χ2n) is 4.35. The Hall–Kier alpha value is -1.92. The third-order valence-corrected chi connectivity index (χ3v) is 5.13. The van der Waals surface area contributed by atoms with Crippen LogP contribution < -0.4 is 14.8 Å². The Balaban J connectivity index is 2.44. The minimum atomic E-state index is -3.78. The first-order chi connectivity index (χ1) is 9.86. The van der Waals surface area contributed by atoms with E-state index in [1.807, 2.05) is 0 Å². The number of sulfonamides is 1. The standard InChI is InChI=1S/C14H15ClN2O3S/c1-17(11-4-6-12(20-2)7-5-11)21(18,19)14-9-10(15)3-8-13(14)16/h3-9H,16H2,1-2H3. The van der Waals surface area contributed by atoms with Gasteiger partial charge in [-0.2, -0.15) is 0 Å². The number of methoxy groups -OCH3 is 1. The highest BCUT2D eigenvalue weighted by Gasteiger charge is 2.24. The summed E-state index contributed by atoms with van der Waals surface area (Å²) in [4.78, 5) is -0.0201. The molecule has 2 rings (SSSR count). The minimum Gasteiger partial charge on any atom is -0.497 e. The zero-order valence-electron chi connectivity index (χ0n) is 11.6. The van der Waals surface area contributed by atoms with E-state index in [0.29, 0.717) is 16.5 Å².